The van der Waals surface area contributed by atoms with Crippen LogP contribution in [0.5, 0.6) is 5.75 Å². The summed E-state index contributed by atoms with van der Waals surface area (Å²) < 4.78 is 12.2. The van der Waals surface area contributed by atoms with Crippen LogP contribution in [-0.4, -0.2) is 44.6 Å². The van der Waals surface area contributed by atoms with Crippen molar-refractivity contribution in [2.24, 2.45) is 0 Å². The van der Waals surface area contributed by atoms with E-state index in [0.29, 0.717) is 13.2 Å². The van der Waals surface area contributed by atoms with Crippen molar-refractivity contribution in [3.8, 4) is 5.75 Å². The maximum absolute atomic E-state index is 12.3. The molecule has 1 amide bonds. The lowest BCUT2D eigenvalue weighted by Crippen LogP contribution is -2.30. The Morgan fingerprint density at radius 2 is 2.07 bits per heavy atom. The summed E-state index contributed by atoms with van der Waals surface area (Å²) in [5, 5.41) is 4.12. The van der Waals surface area contributed by atoms with E-state index in [4.69, 9.17) is 9.15 Å². The fourth-order valence-corrected chi connectivity index (χ4v) is 3.89. The molecule has 2 aromatic rings. The van der Waals surface area contributed by atoms with Crippen LogP contribution in [0.4, 0.5) is 0 Å². The topological polar surface area (TPSA) is 54.7 Å². The lowest BCUT2D eigenvalue weighted by molar-refractivity contribution is -0.116. The van der Waals surface area contributed by atoms with Crippen LogP contribution in [0.15, 0.2) is 16.6 Å². The van der Waals surface area contributed by atoms with E-state index in [1.807, 2.05) is 32.8 Å². The van der Waals surface area contributed by atoms with E-state index < -0.39 is 0 Å². The zero-order valence-corrected chi connectivity index (χ0v) is 17.8. The number of nitrogens with zero attached hydrogens (tertiary/aromatic N) is 1. The van der Waals surface area contributed by atoms with Gasteiger partial charge in [-0.15, -0.1) is 0 Å². The molecule has 0 saturated heterocycles. The molecule has 1 aliphatic carbocycles. The van der Waals surface area contributed by atoms with Gasteiger partial charge in [0.15, 0.2) is 0 Å². The molecular formula is C23H32N2O3. The Bertz CT molecular complexity index is 893. The zero-order chi connectivity index (χ0) is 20.3. The molecule has 1 heterocycles. The summed E-state index contributed by atoms with van der Waals surface area (Å²) in [4.78, 5) is 14.4. The zero-order valence-electron chi connectivity index (χ0n) is 17.8. The highest BCUT2D eigenvalue weighted by Gasteiger charge is 2.23. The van der Waals surface area contributed by atoms with Crippen LogP contribution in [-0.2, 0) is 17.6 Å². The molecule has 0 bridgehead atoms. The van der Waals surface area contributed by atoms with Gasteiger partial charge in [-0.3, -0.25) is 4.79 Å². The number of rotatable bonds is 7. The summed E-state index contributed by atoms with van der Waals surface area (Å²) in [5.74, 6) is 1.86. The highest BCUT2D eigenvalue weighted by Crippen LogP contribution is 2.41. The smallest absolute Gasteiger partial charge is 0.244 e. The molecule has 0 saturated carbocycles. The number of aryl methyl sites for hydroxylation is 3. The number of allylic oxidation sites excluding steroid dienone is 1. The van der Waals surface area contributed by atoms with Crippen molar-refractivity contribution in [3.05, 3.63) is 34.6 Å². The van der Waals surface area contributed by atoms with Crippen LogP contribution in [0.2, 0.25) is 0 Å². The molecule has 0 atom stereocenters. The number of ether oxygens (including phenoxy) is 1. The molecule has 1 aromatic heterocycles. The summed E-state index contributed by atoms with van der Waals surface area (Å²) in [7, 11) is 3.98. The van der Waals surface area contributed by atoms with Gasteiger partial charge in [0.1, 0.15) is 17.1 Å². The molecule has 0 radical (unpaired) electrons. The monoisotopic (exact) mass is 384 g/mol. The van der Waals surface area contributed by atoms with E-state index in [1.165, 1.54) is 23.8 Å². The van der Waals surface area contributed by atoms with Gasteiger partial charge in [0.2, 0.25) is 5.91 Å². The fourth-order valence-electron chi connectivity index (χ4n) is 3.89. The largest absolute Gasteiger partial charge is 0.493 e. The highest BCUT2D eigenvalue weighted by atomic mass is 16.5. The summed E-state index contributed by atoms with van der Waals surface area (Å²) in [5.41, 5.74) is 5.16. The predicted molar refractivity (Wildman–Crippen MR) is 114 cm³/mol. The Labute approximate surface area is 167 Å². The van der Waals surface area contributed by atoms with Crippen LogP contribution in [0, 0.1) is 6.92 Å². The Balaban J connectivity index is 1.99. The number of nitrogens with one attached hydrogen (secondary N) is 1. The number of benzene rings is 1. The van der Waals surface area contributed by atoms with Crippen LogP contribution >= 0.6 is 0 Å². The third kappa shape index (κ3) is 4.25. The number of hydrogen-bond acceptors (Lipinski definition) is 4. The summed E-state index contributed by atoms with van der Waals surface area (Å²) in [6, 6.07) is 2.15. The second-order valence-corrected chi connectivity index (χ2v) is 7.82. The van der Waals surface area contributed by atoms with Crippen molar-refractivity contribution in [2.45, 2.75) is 46.5 Å². The van der Waals surface area contributed by atoms with Crippen LogP contribution in [0.3, 0.4) is 0 Å². The Morgan fingerprint density at radius 1 is 1.32 bits per heavy atom. The molecule has 28 heavy (non-hydrogen) atoms. The standard InChI is InChI=1S/C23H32N2O3/c1-6-27-22-16(3)23-19(17-9-7-8-10-20(17)28-23)14-18(22)15(2)13-21(26)24-11-12-25(4)5/h13-14H,6-12H2,1-5H3,(H,24,26)/b15-13+. The SMILES string of the molecule is CCOc1c(/C(C)=C/C(=O)NCCN(C)C)cc2c3c(oc2c1C)CCCC3. The first kappa shape index (κ1) is 20.5. The minimum atomic E-state index is -0.0752. The average Bonchev–Trinajstić information content (AvgIpc) is 3.02. The Kier molecular flexibility index (Phi) is 6.45. The van der Waals surface area contributed by atoms with E-state index in [-0.39, 0.29) is 5.91 Å². The minimum Gasteiger partial charge on any atom is -0.493 e. The Morgan fingerprint density at radius 3 is 2.79 bits per heavy atom. The third-order valence-corrected chi connectivity index (χ3v) is 5.35. The predicted octanol–water partition coefficient (Wildman–Crippen LogP) is 4.10. The lowest BCUT2D eigenvalue weighted by atomic mass is 9.93. The van der Waals surface area contributed by atoms with E-state index in [2.05, 4.69) is 18.3 Å². The van der Waals surface area contributed by atoms with E-state index >= 15 is 0 Å². The van der Waals surface area contributed by atoms with Crippen LogP contribution in [0.25, 0.3) is 16.5 Å². The van der Waals surface area contributed by atoms with Crippen molar-refractivity contribution >= 4 is 22.4 Å². The average molecular weight is 385 g/mol. The molecule has 1 N–H and O–H groups in total. The van der Waals surface area contributed by atoms with E-state index in [1.54, 1.807) is 6.08 Å². The number of fused-ring (bicyclic) bond motifs is 3. The van der Waals surface area contributed by atoms with Crippen molar-refractivity contribution in [1.82, 2.24) is 10.2 Å². The molecule has 1 aromatic carbocycles. The quantitative estimate of drug-likeness (QED) is 0.730. The minimum absolute atomic E-state index is 0.0752. The first-order valence-corrected chi connectivity index (χ1v) is 10.2. The van der Waals surface area contributed by atoms with E-state index in [0.717, 1.165) is 53.2 Å². The van der Waals surface area contributed by atoms with Crippen molar-refractivity contribution in [3.63, 3.8) is 0 Å². The van der Waals surface area contributed by atoms with Crippen LogP contribution in [0.1, 0.15) is 49.1 Å². The number of carbonyl (C=O) groups excluding carboxylic acids is 1. The van der Waals surface area contributed by atoms with Crippen molar-refractivity contribution in [1.29, 1.82) is 0 Å². The van der Waals surface area contributed by atoms with E-state index in [9.17, 15) is 4.79 Å². The summed E-state index contributed by atoms with van der Waals surface area (Å²) in [6.07, 6.45) is 6.12. The van der Waals surface area contributed by atoms with Crippen LogP contribution < -0.4 is 10.1 Å². The van der Waals surface area contributed by atoms with Gasteiger partial charge in [0.05, 0.1) is 6.61 Å². The molecular weight excluding hydrogens is 352 g/mol. The van der Waals surface area contributed by atoms with Gasteiger partial charge in [-0.2, -0.15) is 0 Å². The molecule has 5 nitrogen and oxygen atoms in total. The molecule has 3 rings (SSSR count). The summed E-state index contributed by atoms with van der Waals surface area (Å²) in [6.45, 7) is 8.02. The first-order valence-electron chi connectivity index (χ1n) is 10.2. The fraction of sp³-hybridized carbons (Fsp3) is 0.522. The molecule has 1 aliphatic rings. The second kappa shape index (κ2) is 8.82. The number of furan rings is 1. The molecule has 5 heteroatoms. The normalized spacial score (nSPS) is 14.4. The number of likely N-dealkylation sites (N-methyl/N-ethyl adjacent to an activating group) is 1. The maximum atomic E-state index is 12.3. The molecule has 0 unspecified atom stereocenters. The van der Waals surface area contributed by atoms with Gasteiger partial charge >= 0.3 is 0 Å². The molecule has 0 spiro atoms. The number of carbonyl (C=O) groups is 1. The van der Waals surface area contributed by atoms with Crippen molar-refractivity contribution < 1.29 is 13.9 Å². The van der Waals surface area contributed by atoms with Gasteiger partial charge in [-0.1, -0.05) is 0 Å². The molecule has 152 valence electrons. The molecule has 0 aliphatic heterocycles. The lowest BCUT2D eigenvalue weighted by Gasteiger charge is -2.15. The molecule has 0 fully saturated rings. The Hall–Kier alpha value is -2.27. The second-order valence-electron chi connectivity index (χ2n) is 7.82. The van der Waals surface area contributed by atoms with Gasteiger partial charge in [-0.05, 0) is 65.8 Å². The summed E-state index contributed by atoms with van der Waals surface area (Å²) >= 11 is 0. The van der Waals surface area contributed by atoms with Gasteiger partial charge in [-0.25, -0.2) is 0 Å². The number of hydrogen-bond donors (Lipinski definition) is 1. The van der Waals surface area contributed by atoms with Crippen molar-refractivity contribution in [2.75, 3.05) is 33.8 Å². The van der Waals surface area contributed by atoms with Gasteiger partial charge in [0, 0.05) is 47.7 Å². The first-order chi connectivity index (χ1) is 13.4. The third-order valence-electron chi connectivity index (χ3n) is 5.35. The van der Waals surface area contributed by atoms with Gasteiger partial charge in [0.25, 0.3) is 0 Å². The van der Waals surface area contributed by atoms with Gasteiger partial charge < -0.3 is 19.4 Å². The highest BCUT2D eigenvalue weighted by molar-refractivity contribution is 5.98. The number of amides is 1. The maximum Gasteiger partial charge on any atom is 0.244 e.